The number of anilines is 1. The molecule has 1 aromatic heterocycles. The van der Waals surface area contributed by atoms with E-state index in [2.05, 4.69) is 15.2 Å². The number of carbonyl (C=O) groups is 2. The van der Waals surface area contributed by atoms with Gasteiger partial charge in [-0.3, -0.25) is 4.79 Å². The Bertz CT molecular complexity index is 1480. The maximum atomic E-state index is 12.9. The number of aromatic nitrogens is 1. The van der Waals surface area contributed by atoms with Gasteiger partial charge in [-0.15, -0.1) is 0 Å². The van der Waals surface area contributed by atoms with Crippen LogP contribution >= 0.6 is 11.6 Å². The van der Waals surface area contributed by atoms with Gasteiger partial charge < -0.3 is 24.6 Å². The van der Waals surface area contributed by atoms with E-state index in [1.54, 1.807) is 47.4 Å². The molecule has 1 saturated heterocycles. The second kappa shape index (κ2) is 12.2. The van der Waals surface area contributed by atoms with Gasteiger partial charge in [0.05, 0.1) is 19.0 Å². The van der Waals surface area contributed by atoms with Crippen LogP contribution in [0.1, 0.15) is 10.4 Å². The Morgan fingerprint density at radius 1 is 0.850 bits per heavy atom. The molecule has 0 saturated carbocycles. The highest BCUT2D eigenvalue weighted by Crippen LogP contribution is 2.32. The van der Waals surface area contributed by atoms with E-state index in [1.807, 2.05) is 43.4 Å². The molecule has 204 valence electrons. The van der Waals surface area contributed by atoms with Gasteiger partial charge in [-0.05, 0) is 60.1 Å². The monoisotopic (exact) mass is 556 g/mol. The van der Waals surface area contributed by atoms with E-state index >= 15 is 0 Å². The lowest BCUT2D eigenvalue weighted by Crippen LogP contribution is -2.48. The lowest BCUT2D eigenvalue weighted by molar-refractivity contribution is 0.102. The molecule has 9 heteroatoms. The van der Waals surface area contributed by atoms with Crippen molar-refractivity contribution in [1.29, 1.82) is 0 Å². The molecule has 1 N–H and O–H groups in total. The van der Waals surface area contributed by atoms with Crippen LogP contribution in [0.4, 0.5) is 10.5 Å². The van der Waals surface area contributed by atoms with Crippen LogP contribution in [0.5, 0.6) is 11.6 Å². The molecule has 0 radical (unpaired) electrons. The first-order valence-electron chi connectivity index (χ1n) is 12.9. The minimum Gasteiger partial charge on any atom is -0.481 e. The first-order valence-corrected chi connectivity index (χ1v) is 13.2. The summed E-state index contributed by atoms with van der Waals surface area (Å²) in [4.78, 5) is 33.3. The molecule has 1 aliphatic heterocycles. The molecule has 2 heterocycles. The van der Waals surface area contributed by atoms with Crippen molar-refractivity contribution in [3.05, 3.63) is 95.6 Å². The van der Waals surface area contributed by atoms with Crippen LogP contribution in [0.25, 0.3) is 22.3 Å². The zero-order chi connectivity index (χ0) is 28.1. The molecule has 0 atom stereocenters. The summed E-state index contributed by atoms with van der Waals surface area (Å²) in [5, 5.41) is 3.38. The van der Waals surface area contributed by atoms with Crippen molar-refractivity contribution in [3.63, 3.8) is 0 Å². The highest BCUT2D eigenvalue weighted by Gasteiger charge is 2.20. The highest BCUT2D eigenvalue weighted by molar-refractivity contribution is 6.33. The number of rotatable bonds is 6. The number of carbonyl (C=O) groups excluding carboxylic acids is 2. The zero-order valence-electron chi connectivity index (χ0n) is 22.3. The van der Waals surface area contributed by atoms with Gasteiger partial charge in [-0.1, -0.05) is 48.0 Å². The van der Waals surface area contributed by atoms with Crippen LogP contribution in [0, 0.1) is 0 Å². The lowest BCUT2D eigenvalue weighted by atomic mass is 9.99. The van der Waals surface area contributed by atoms with E-state index in [9.17, 15) is 9.59 Å². The standard InChI is InChI=1S/C31H29ClN4O4/c1-35-15-17-36(18-16-35)31(38)40-26-11-7-22(8-12-26)21-3-5-23(6-4-21)27-19-24(9-13-28(27)32)30(37)34-25-10-14-29(39-2)33-20-25/h3-14,19-20H,15-18H2,1-2H3,(H,34,37). The maximum absolute atomic E-state index is 12.9. The number of ether oxygens (including phenoxy) is 2. The molecule has 8 nitrogen and oxygen atoms in total. The van der Waals surface area contributed by atoms with Crippen LogP contribution in [0.2, 0.25) is 5.02 Å². The van der Waals surface area contributed by atoms with E-state index < -0.39 is 0 Å². The number of methoxy groups -OCH3 is 1. The van der Waals surface area contributed by atoms with E-state index in [-0.39, 0.29) is 12.0 Å². The molecule has 4 aromatic rings. The van der Waals surface area contributed by atoms with Crippen LogP contribution < -0.4 is 14.8 Å². The van der Waals surface area contributed by atoms with Gasteiger partial charge in [0.15, 0.2) is 0 Å². The first kappa shape index (κ1) is 27.2. The van der Waals surface area contributed by atoms with Gasteiger partial charge in [-0.25, -0.2) is 9.78 Å². The van der Waals surface area contributed by atoms with Gasteiger partial charge in [0.25, 0.3) is 5.91 Å². The second-order valence-electron chi connectivity index (χ2n) is 9.50. The van der Waals surface area contributed by atoms with Crippen LogP contribution in [-0.4, -0.2) is 67.1 Å². The number of nitrogens with one attached hydrogen (secondary N) is 1. The second-order valence-corrected chi connectivity index (χ2v) is 9.91. The molecule has 1 fully saturated rings. The summed E-state index contributed by atoms with van der Waals surface area (Å²) < 4.78 is 10.6. The third-order valence-electron chi connectivity index (χ3n) is 6.78. The summed E-state index contributed by atoms with van der Waals surface area (Å²) in [6.07, 6.45) is 1.22. The minimum absolute atomic E-state index is 0.269. The number of hydrogen-bond acceptors (Lipinski definition) is 6. The molecular weight excluding hydrogens is 528 g/mol. The van der Waals surface area contributed by atoms with Crippen molar-refractivity contribution >= 4 is 29.3 Å². The smallest absolute Gasteiger partial charge is 0.415 e. The van der Waals surface area contributed by atoms with E-state index in [0.29, 0.717) is 41.0 Å². The Morgan fingerprint density at radius 2 is 1.50 bits per heavy atom. The molecule has 3 aromatic carbocycles. The van der Waals surface area contributed by atoms with Gasteiger partial charge in [0.1, 0.15) is 5.75 Å². The summed E-state index contributed by atoms with van der Waals surface area (Å²) >= 11 is 6.51. The highest BCUT2D eigenvalue weighted by atomic mass is 35.5. The number of likely N-dealkylation sites (N-methyl/N-ethyl adjacent to an activating group) is 1. The third-order valence-corrected chi connectivity index (χ3v) is 7.11. The molecular formula is C31H29ClN4O4. The predicted octanol–water partition coefficient (Wildman–Crippen LogP) is 6.08. The van der Waals surface area contributed by atoms with Crippen molar-refractivity contribution in [1.82, 2.24) is 14.8 Å². The SMILES string of the molecule is COc1ccc(NC(=O)c2ccc(Cl)c(-c3ccc(-c4ccc(OC(=O)N5CCN(C)CC5)cc4)cc3)c2)cn1. The average molecular weight is 557 g/mol. The lowest BCUT2D eigenvalue weighted by Gasteiger charge is -2.31. The van der Waals surface area contributed by atoms with Gasteiger partial charge >= 0.3 is 6.09 Å². The fourth-order valence-electron chi connectivity index (χ4n) is 4.38. The Balaban J connectivity index is 1.25. The van der Waals surface area contributed by atoms with E-state index in [4.69, 9.17) is 21.1 Å². The fraction of sp³-hybridized carbons (Fsp3) is 0.194. The Morgan fingerprint density at radius 3 is 2.12 bits per heavy atom. The van der Waals surface area contributed by atoms with Crippen molar-refractivity contribution in [2.24, 2.45) is 0 Å². The molecule has 0 aliphatic carbocycles. The molecule has 1 aliphatic rings. The first-order chi connectivity index (χ1) is 19.4. The molecule has 40 heavy (non-hydrogen) atoms. The molecule has 2 amide bonds. The Hall–Kier alpha value is -4.40. The quantitative estimate of drug-likeness (QED) is 0.310. The minimum atomic E-state index is -0.321. The Kier molecular flexibility index (Phi) is 8.28. The summed E-state index contributed by atoms with van der Waals surface area (Å²) in [7, 11) is 3.58. The molecule has 0 unspecified atom stereocenters. The van der Waals surface area contributed by atoms with Crippen LogP contribution in [0.15, 0.2) is 85.1 Å². The number of halogens is 1. The number of piperazine rings is 1. The molecule has 0 spiro atoms. The summed E-state index contributed by atoms with van der Waals surface area (Å²) in [5.41, 5.74) is 4.65. The average Bonchev–Trinajstić information content (AvgIpc) is 2.98. The number of hydrogen-bond donors (Lipinski definition) is 1. The van der Waals surface area contributed by atoms with Crippen molar-refractivity contribution in [2.75, 3.05) is 45.7 Å². The number of amides is 2. The van der Waals surface area contributed by atoms with Crippen LogP contribution in [-0.2, 0) is 0 Å². The van der Waals surface area contributed by atoms with Crippen molar-refractivity contribution in [3.8, 4) is 33.9 Å². The normalized spacial score (nSPS) is 13.5. The third kappa shape index (κ3) is 6.42. The molecule has 0 bridgehead atoms. The predicted molar refractivity (Wildman–Crippen MR) is 156 cm³/mol. The Labute approximate surface area is 238 Å². The maximum Gasteiger partial charge on any atom is 0.415 e. The number of benzene rings is 3. The van der Waals surface area contributed by atoms with Gasteiger partial charge in [0, 0.05) is 48.4 Å². The van der Waals surface area contributed by atoms with Crippen molar-refractivity contribution < 1.29 is 19.1 Å². The van der Waals surface area contributed by atoms with Gasteiger partial charge in [-0.2, -0.15) is 0 Å². The van der Waals surface area contributed by atoms with Crippen molar-refractivity contribution in [2.45, 2.75) is 0 Å². The molecule has 5 rings (SSSR count). The summed E-state index contributed by atoms with van der Waals surface area (Å²) in [6.45, 7) is 3.01. The van der Waals surface area contributed by atoms with E-state index in [1.165, 1.54) is 13.3 Å². The number of pyridine rings is 1. The fourth-order valence-corrected chi connectivity index (χ4v) is 4.60. The summed E-state index contributed by atoms with van der Waals surface area (Å²) in [6, 6.07) is 23.9. The topological polar surface area (TPSA) is 84.0 Å². The van der Waals surface area contributed by atoms with E-state index in [0.717, 1.165) is 35.3 Å². The largest absolute Gasteiger partial charge is 0.481 e. The zero-order valence-corrected chi connectivity index (χ0v) is 23.0. The van der Waals surface area contributed by atoms with Gasteiger partial charge in [0.2, 0.25) is 5.88 Å². The van der Waals surface area contributed by atoms with Crippen LogP contribution in [0.3, 0.4) is 0 Å². The number of nitrogens with zero attached hydrogens (tertiary/aromatic N) is 3. The summed E-state index contributed by atoms with van der Waals surface area (Å²) in [5.74, 6) is 0.710.